The summed E-state index contributed by atoms with van der Waals surface area (Å²) in [5, 5.41) is 18.9. The fourth-order valence-electron chi connectivity index (χ4n) is 2.47. The van der Waals surface area contributed by atoms with Gasteiger partial charge in [-0.3, -0.25) is 4.90 Å². The zero-order valence-corrected chi connectivity index (χ0v) is 11.3. The molecule has 2 N–H and O–H groups in total. The van der Waals surface area contributed by atoms with Gasteiger partial charge in [-0.25, -0.2) is 0 Å². The second-order valence-electron chi connectivity index (χ2n) is 5.36. The monoisotopic (exact) mass is 244 g/mol. The molecule has 4 nitrogen and oxygen atoms in total. The molecule has 102 valence electrons. The van der Waals surface area contributed by atoms with Gasteiger partial charge in [-0.15, -0.1) is 0 Å². The zero-order valence-electron chi connectivity index (χ0n) is 11.3. The van der Waals surface area contributed by atoms with Gasteiger partial charge < -0.3 is 15.1 Å². The summed E-state index contributed by atoms with van der Waals surface area (Å²) < 4.78 is 0. The quantitative estimate of drug-likeness (QED) is 0.686. The summed E-state index contributed by atoms with van der Waals surface area (Å²) in [6, 6.07) is 0. The standard InChI is InChI=1S/C13H28N2O2/c1-12(16)10-15(11-13(2)17)9-8-14-6-4-3-5-7-14/h12-13,16-17H,3-11H2,1-2H3. The first-order valence-electron chi connectivity index (χ1n) is 6.88. The topological polar surface area (TPSA) is 46.9 Å². The van der Waals surface area contributed by atoms with E-state index in [-0.39, 0.29) is 12.2 Å². The molecule has 1 rings (SSSR count). The third-order valence-electron chi connectivity index (χ3n) is 3.23. The average molecular weight is 244 g/mol. The van der Waals surface area contributed by atoms with Crippen molar-refractivity contribution in [2.45, 2.75) is 45.3 Å². The van der Waals surface area contributed by atoms with E-state index in [0.29, 0.717) is 13.1 Å². The largest absolute Gasteiger partial charge is 0.392 e. The van der Waals surface area contributed by atoms with Crippen molar-refractivity contribution in [2.75, 3.05) is 39.3 Å². The summed E-state index contributed by atoms with van der Waals surface area (Å²) >= 11 is 0. The molecule has 2 unspecified atom stereocenters. The first-order valence-corrected chi connectivity index (χ1v) is 6.88. The van der Waals surface area contributed by atoms with E-state index in [1.54, 1.807) is 13.8 Å². The van der Waals surface area contributed by atoms with Crippen molar-refractivity contribution in [1.29, 1.82) is 0 Å². The molecule has 1 fully saturated rings. The summed E-state index contributed by atoms with van der Waals surface area (Å²) in [5.41, 5.74) is 0. The Kier molecular flexibility index (Phi) is 7.04. The maximum atomic E-state index is 9.44. The highest BCUT2D eigenvalue weighted by molar-refractivity contribution is 4.70. The van der Waals surface area contributed by atoms with Gasteiger partial charge in [0, 0.05) is 26.2 Å². The van der Waals surface area contributed by atoms with Crippen molar-refractivity contribution in [3.8, 4) is 0 Å². The van der Waals surface area contributed by atoms with Crippen LogP contribution < -0.4 is 0 Å². The lowest BCUT2D eigenvalue weighted by molar-refractivity contribution is 0.0742. The molecule has 0 spiro atoms. The highest BCUT2D eigenvalue weighted by Gasteiger charge is 2.14. The number of rotatable bonds is 7. The molecular weight excluding hydrogens is 216 g/mol. The fraction of sp³-hybridized carbons (Fsp3) is 1.00. The van der Waals surface area contributed by atoms with Crippen molar-refractivity contribution in [1.82, 2.24) is 9.80 Å². The van der Waals surface area contributed by atoms with E-state index in [9.17, 15) is 10.2 Å². The Labute approximate surface area is 105 Å². The van der Waals surface area contributed by atoms with Crippen LogP contribution >= 0.6 is 0 Å². The number of aliphatic hydroxyl groups is 2. The van der Waals surface area contributed by atoms with E-state index in [1.165, 1.54) is 32.4 Å². The van der Waals surface area contributed by atoms with Crippen LogP contribution in [0.5, 0.6) is 0 Å². The Hall–Kier alpha value is -0.160. The van der Waals surface area contributed by atoms with Gasteiger partial charge in [0.15, 0.2) is 0 Å². The molecule has 0 aromatic carbocycles. The lowest BCUT2D eigenvalue weighted by Crippen LogP contribution is -2.42. The molecule has 0 aromatic heterocycles. The Balaban J connectivity index is 2.26. The van der Waals surface area contributed by atoms with Crippen LogP contribution in [0.25, 0.3) is 0 Å². The van der Waals surface area contributed by atoms with E-state index in [0.717, 1.165) is 13.1 Å². The van der Waals surface area contributed by atoms with E-state index in [2.05, 4.69) is 9.80 Å². The van der Waals surface area contributed by atoms with Crippen LogP contribution in [0.4, 0.5) is 0 Å². The molecule has 1 saturated heterocycles. The van der Waals surface area contributed by atoms with Crippen LogP contribution in [0.15, 0.2) is 0 Å². The fourth-order valence-corrected chi connectivity index (χ4v) is 2.47. The van der Waals surface area contributed by atoms with Crippen LogP contribution in [0.1, 0.15) is 33.1 Å². The van der Waals surface area contributed by atoms with Crippen molar-refractivity contribution in [3.63, 3.8) is 0 Å². The molecule has 17 heavy (non-hydrogen) atoms. The van der Waals surface area contributed by atoms with E-state index < -0.39 is 0 Å². The van der Waals surface area contributed by atoms with E-state index in [1.807, 2.05) is 0 Å². The maximum absolute atomic E-state index is 9.44. The van der Waals surface area contributed by atoms with Gasteiger partial charge in [0.25, 0.3) is 0 Å². The minimum atomic E-state index is -0.324. The summed E-state index contributed by atoms with van der Waals surface area (Å²) in [4.78, 5) is 4.64. The number of hydrogen-bond acceptors (Lipinski definition) is 4. The third kappa shape index (κ3) is 6.99. The average Bonchev–Trinajstić information content (AvgIpc) is 2.26. The highest BCUT2D eigenvalue weighted by atomic mass is 16.3. The van der Waals surface area contributed by atoms with E-state index >= 15 is 0 Å². The molecule has 0 radical (unpaired) electrons. The smallest absolute Gasteiger partial charge is 0.0639 e. The highest BCUT2D eigenvalue weighted by Crippen LogP contribution is 2.08. The SMILES string of the molecule is CC(O)CN(CCN1CCCCC1)CC(C)O. The minimum Gasteiger partial charge on any atom is -0.392 e. The van der Waals surface area contributed by atoms with Crippen molar-refractivity contribution in [3.05, 3.63) is 0 Å². The molecule has 0 saturated carbocycles. The van der Waals surface area contributed by atoms with Gasteiger partial charge in [-0.2, -0.15) is 0 Å². The second-order valence-corrected chi connectivity index (χ2v) is 5.36. The Morgan fingerprint density at radius 1 is 1.00 bits per heavy atom. The van der Waals surface area contributed by atoms with Gasteiger partial charge in [-0.1, -0.05) is 6.42 Å². The Bertz CT molecular complexity index is 182. The molecule has 1 heterocycles. The Morgan fingerprint density at radius 3 is 2.00 bits per heavy atom. The number of hydrogen-bond donors (Lipinski definition) is 2. The van der Waals surface area contributed by atoms with Gasteiger partial charge >= 0.3 is 0 Å². The van der Waals surface area contributed by atoms with Crippen LogP contribution in [0, 0.1) is 0 Å². The lowest BCUT2D eigenvalue weighted by Gasteiger charge is -2.31. The van der Waals surface area contributed by atoms with Crippen molar-refractivity contribution < 1.29 is 10.2 Å². The van der Waals surface area contributed by atoms with Gasteiger partial charge in [0.05, 0.1) is 12.2 Å². The van der Waals surface area contributed by atoms with Crippen molar-refractivity contribution in [2.24, 2.45) is 0 Å². The number of likely N-dealkylation sites (tertiary alicyclic amines) is 1. The van der Waals surface area contributed by atoms with Crippen LogP contribution in [-0.4, -0.2) is 71.5 Å². The number of piperidine rings is 1. The second kappa shape index (κ2) is 8.03. The normalized spacial score (nSPS) is 21.7. The summed E-state index contributed by atoms with van der Waals surface area (Å²) in [7, 11) is 0. The van der Waals surface area contributed by atoms with Gasteiger partial charge in [-0.05, 0) is 39.8 Å². The Morgan fingerprint density at radius 2 is 1.53 bits per heavy atom. The third-order valence-corrected chi connectivity index (χ3v) is 3.23. The van der Waals surface area contributed by atoms with Crippen molar-refractivity contribution >= 4 is 0 Å². The minimum absolute atomic E-state index is 0.324. The predicted octanol–water partition coefficient (Wildman–Crippen LogP) is 0.536. The maximum Gasteiger partial charge on any atom is 0.0639 e. The van der Waals surface area contributed by atoms with Crippen LogP contribution in [0.3, 0.4) is 0 Å². The zero-order chi connectivity index (χ0) is 12.7. The molecule has 1 aliphatic rings. The molecule has 0 bridgehead atoms. The summed E-state index contributed by atoms with van der Waals surface area (Å²) in [6.07, 6.45) is 3.34. The molecule has 0 amide bonds. The molecule has 0 aliphatic carbocycles. The molecular formula is C13H28N2O2. The lowest BCUT2D eigenvalue weighted by atomic mass is 10.1. The predicted molar refractivity (Wildman–Crippen MR) is 70.1 cm³/mol. The molecule has 0 aromatic rings. The number of aliphatic hydroxyl groups excluding tert-OH is 2. The number of nitrogens with zero attached hydrogens (tertiary/aromatic N) is 2. The van der Waals surface area contributed by atoms with Crippen LogP contribution in [0.2, 0.25) is 0 Å². The van der Waals surface area contributed by atoms with E-state index in [4.69, 9.17) is 0 Å². The first-order chi connectivity index (χ1) is 8.08. The molecule has 2 atom stereocenters. The van der Waals surface area contributed by atoms with Gasteiger partial charge in [0.2, 0.25) is 0 Å². The molecule has 1 aliphatic heterocycles. The molecule has 4 heteroatoms. The summed E-state index contributed by atoms with van der Waals surface area (Å²) in [5.74, 6) is 0. The van der Waals surface area contributed by atoms with Crippen LogP contribution in [-0.2, 0) is 0 Å². The summed E-state index contributed by atoms with van der Waals surface area (Å²) in [6.45, 7) is 9.31. The first kappa shape index (κ1) is 14.9. The van der Waals surface area contributed by atoms with Gasteiger partial charge in [0.1, 0.15) is 0 Å².